The van der Waals surface area contributed by atoms with Crippen molar-refractivity contribution in [2.75, 3.05) is 24.7 Å². The van der Waals surface area contributed by atoms with Gasteiger partial charge in [-0.3, -0.25) is 4.79 Å². The maximum absolute atomic E-state index is 12.2. The molecule has 0 saturated carbocycles. The van der Waals surface area contributed by atoms with Crippen LogP contribution in [0.25, 0.3) is 0 Å². The predicted molar refractivity (Wildman–Crippen MR) is 84.1 cm³/mol. The summed E-state index contributed by atoms with van der Waals surface area (Å²) in [6, 6.07) is 7.91. The second kappa shape index (κ2) is 5.67. The quantitative estimate of drug-likeness (QED) is 0.876. The molecule has 0 bridgehead atoms. The SMILES string of the molecule is CC(C)(CNC(=O)C1CNc2ccccc2C1)S(C)(=O)=O. The van der Waals surface area contributed by atoms with Crippen molar-refractivity contribution in [3.05, 3.63) is 29.8 Å². The zero-order chi connectivity index (χ0) is 15.7. The zero-order valence-corrected chi connectivity index (χ0v) is 13.5. The van der Waals surface area contributed by atoms with Crippen molar-refractivity contribution in [3.63, 3.8) is 0 Å². The molecule has 2 rings (SSSR count). The number of rotatable bonds is 4. The van der Waals surface area contributed by atoms with Gasteiger partial charge >= 0.3 is 0 Å². The highest BCUT2D eigenvalue weighted by Gasteiger charge is 2.32. The van der Waals surface area contributed by atoms with Crippen LogP contribution in [0.1, 0.15) is 19.4 Å². The van der Waals surface area contributed by atoms with Gasteiger partial charge in [-0.1, -0.05) is 18.2 Å². The Morgan fingerprint density at radius 3 is 2.71 bits per heavy atom. The van der Waals surface area contributed by atoms with Crippen LogP contribution in [-0.4, -0.2) is 38.4 Å². The fraction of sp³-hybridized carbons (Fsp3) is 0.533. The lowest BCUT2D eigenvalue weighted by molar-refractivity contribution is -0.124. The zero-order valence-electron chi connectivity index (χ0n) is 12.6. The smallest absolute Gasteiger partial charge is 0.225 e. The summed E-state index contributed by atoms with van der Waals surface area (Å²) in [5.74, 6) is -0.274. The highest BCUT2D eigenvalue weighted by molar-refractivity contribution is 7.92. The second-order valence-corrected chi connectivity index (χ2v) is 8.84. The van der Waals surface area contributed by atoms with Gasteiger partial charge in [-0.2, -0.15) is 0 Å². The van der Waals surface area contributed by atoms with Crippen LogP contribution in [-0.2, 0) is 21.1 Å². The first-order valence-corrected chi connectivity index (χ1v) is 8.89. The molecule has 1 aliphatic rings. The van der Waals surface area contributed by atoms with Gasteiger partial charge in [-0.05, 0) is 31.9 Å². The van der Waals surface area contributed by atoms with Crippen molar-refractivity contribution in [3.8, 4) is 0 Å². The summed E-state index contributed by atoms with van der Waals surface area (Å²) in [6.07, 6.45) is 1.87. The summed E-state index contributed by atoms with van der Waals surface area (Å²) >= 11 is 0. The molecule has 116 valence electrons. The Kier molecular flexibility index (Phi) is 4.27. The molecule has 1 aliphatic heterocycles. The molecule has 1 atom stereocenters. The fourth-order valence-corrected chi connectivity index (χ4v) is 2.54. The number of fused-ring (bicyclic) bond motifs is 1. The number of carbonyl (C=O) groups excluding carboxylic acids is 1. The summed E-state index contributed by atoms with van der Waals surface area (Å²) in [7, 11) is -3.21. The number of para-hydroxylation sites is 1. The Labute approximate surface area is 126 Å². The molecule has 1 aromatic rings. The second-order valence-electron chi connectivity index (χ2n) is 6.19. The normalized spacial score (nSPS) is 18.5. The Bertz CT molecular complexity index is 638. The first-order chi connectivity index (χ1) is 9.71. The standard InChI is InChI=1S/C15H22N2O3S/c1-15(2,21(3,19)20)10-17-14(18)12-8-11-6-4-5-7-13(11)16-9-12/h4-7,12,16H,8-10H2,1-3H3,(H,17,18). The van der Waals surface area contributed by atoms with E-state index in [1.807, 2.05) is 24.3 Å². The lowest BCUT2D eigenvalue weighted by Crippen LogP contribution is -2.47. The van der Waals surface area contributed by atoms with Crippen LogP contribution in [0.4, 0.5) is 5.69 Å². The van der Waals surface area contributed by atoms with Gasteiger partial charge < -0.3 is 10.6 Å². The van der Waals surface area contributed by atoms with Crippen molar-refractivity contribution in [1.82, 2.24) is 5.32 Å². The Morgan fingerprint density at radius 1 is 1.38 bits per heavy atom. The van der Waals surface area contributed by atoms with E-state index in [4.69, 9.17) is 0 Å². The van der Waals surface area contributed by atoms with Crippen LogP contribution >= 0.6 is 0 Å². The van der Waals surface area contributed by atoms with Gasteiger partial charge in [-0.15, -0.1) is 0 Å². The molecule has 0 saturated heterocycles. The molecule has 2 N–H and O–H groups in total. The van der Waals surface area contributed by atoms with Gasteiger partial charge in [0.2, 0.25) is 5.91 Å². The third kappa shape index (κ3) is 3.56. The van der Waals surface area contributed by atoms with E-state index in [1.54, 1.807) is 13.8 Å². The van der Waals surface area contributed by atoms with Gasteiger partial charge in [-0.25, -0.2) is 8.42 Å². The Balaban J connectivity index is 1.97. The maximum atomic E-state index is 12.2. The van der Waals surface area contributed by atoms with Gasteiger partial charge in [0.05, 0.1) is 10.7 Å². The molecule has 5 nitrogen and oxygen atoms in total. The van der Waals surface area contributed by atoms with Crippen molar-refractivity contribution >= 4 is 21.4 Å². The van der Waals surface area contributed by atoms with Crippen LogP contribution in [0.15, 0.2) is 24.3 Å². The van der Waals surface area contributed by atoms with Crippen LogP contribution in [0.3, 0.4) is 0 Å². The van der Waals surface area contributed by atoms with E-state index in [1.165, 1.54) is 6.26 Å². The minimum absolute atomic E-state index is 0.103. The van der Waals surface area contributed by atoms with Gasteiger partial charge in [0, 0.05) is 25.0 Å². The topological polar surface area (TPSA) is 75.3 Å². The molecule has 0 aliphatic carbocycles. The number of nitrogens with one attached hydrogen (secondary N) is 2. The highest BCUT2D eigenvalue weighted by Crippen LogP contribution is 2.24. The highest BCUT2D eigenvalue weighted by atomic mass is 32.2. The Hall–Kier alpha value is -1.56. The number of amides is 1. The third-order valence-corrected chi connectivity index (χ3v) is 6.24. The number of hydrogen-bond acceptors (Lipinski definition) is 4. The molecule has 21 heavy (non-hydrogen) atoms. The lowest BCUT2D eigenvalue weighted by Gasteiger charge is -2.28. The maximum Gasteiger partial charge on any atom is 0.225 e. The van der Waals surface area contributed by atoms with Crippen LogP contribution < -0.4 is 10.6 Å². The van der Waals surface area contributed by atoms with E-state index < -0.39 is 14.6 Å². The predicted octanol–water partition coefficient (Wildman–Crippen LogP) is 1.21. The van der Waals surface area contributed by atoms with Crippen molar-refractivity contribution in [2.45, 2.75) is 25.0 Å². The van der Waals surface area contributed by atoms with Gasteiger partial charge in [0.25, 0.3) is 0 Å². The average Bonchev–Trinajstić information content (AvgIpc) is 2.43. The van der Waals surface area contributed by atoms with Crippen molar-refractivity contribution < 1.29 is 13.2 Å². The molecule has 0 aromatic heterocycles. The van der Waals surface area contributed by atoms with E-state index in [2.05, 4.69) is 10.6 Å². The summed E-state index contributed by atoms with van der Waals surface area (Å²) < 4.78 is 22.3. The minimum atomic E-state index is -3.21. The third-order valence-electron chi connectivity index (χ3n) is 4.09. The van der Waals surface area contributed by atoms with E-state index in [-0.39, 0.29) is 18.4 Å². The monoisotopic (exact) mass is 310 g/mol. The minimum Gasteiger partial charge on any atom is -0.384 e. The molecular weight excluding hydrogens is 288 g/mol. The molecular formula is C15H22N2O3S. The first-order valence-electron chi connectivity index (χ1n) is 7.00. The van der Waals surface area contributed by atoms with Gasteiger partial charge in [0.1, 0.15) is 0 Å². The summed E-state index contributed by atoms with van der Waals surface area (Å²) in [6.45, 7) is 3.94. The van der Waals surface area contributed by atoms with Crippen molar-refractivity contribution in [2.24, 2.45) is 5.92 Å². The molecule has 0 fully saturated rings. The molecule has 1 aromatic carbocycles. The molecule has 1 amide bonds. The van der Waals surface area contributed by atoms with Crippen LogP contribution in [0, 0.1) is 5.92 Å². The molecule has 1 heterocycles. The first kappa shape index (κ1) is 15.8. The Morgan fingerprint density at radius 2 is 2.05 bits per heavy atom. The molecule has 1 unspecified atom stereocenters. The van der Waals surface area contributed by atoms with E-state index in [0.717, 1.165) is 11.3 Å². The average molecular weight is 310 g/mol. The molecule has 6 heteroatoms. The van der Waals surface area contributed by atoms with Gasteiger partial charge in [0.15, 0.2) is 9.84 Å². The number of carbonyl (C=O) groups is 1. The number of hydrogen-bond donors (Lipinski definition) is 2. The molecule has 0 radical (unpaired) electrons. The number of benzene rings is 1. The summed E-state index contributed by atoms with van der Waals surface area (Å²) in [5, 5.41) is 6.01. The number of sulfone groups is 1. The van der Waals surface area contributed by atoms with Crippen molar-refractivity contribution in [1.29, 1.82) is 0 Å². The van der Waals surface area contributed by atoms with E-state index >= 15 is 0 Å². The lowest BCUT2D eigenvalue weighted by atomic mass is 9.93. The summed E-state index contributed by atoms with van der Waals surface area (Å²) in [5.41, 5.74) is 2.18. The summed E-state index contributed by atoms with van der Waals surface area (Å²) in [4.78, 5) is 12.2. The number of anilines is 1. The van der Waals surface area contributed by atoms with E-state index in [9.17, 15) is 13.2 Å². The largest absolute Gasteiger partial charge is 0.384 e. The van der Waals surface area contributed by atoms with Crippen LogP contribution in [0.2, 0.25) is 0 Å². The fourth-order valence-electron chi connectivity index (χ4n) is 2.20. The van der Waals surface area contributed by atoms with E-state index in [0.29, 0.717) is 13.0 Å². The van der Waals surface area contributed by atoms with Crippen LogP contribution in [0.5, 0.6) is 0 Å². The molecule has 0 spiro atoms.